The normalized spacial score (nSPS) is 10.9. The average Bonchev–Trinajstić information content (AvgIpc) is 3.23. The lowest BCUT2D eigenvalue weighted by molar-refractivity contribution is 0.661. The monoisotopic (exact) mass is 321 g/mol. The molecule has 7 nitrogen and oxygen atoms in total. The van der Waals surface area contributed by atoms with Crippen LogP contribution in [-0.4, -0.2) is 37.0 Å². The average molecular weight is 321 g/mol. The van der Waals surface area contributed by atoms with Crippen LogP contribution in [-0.2, 0) is 6.54 Å². The van der Waals surface area contributed by atoms with E-state index in [0.29, 0.717) is 5.95 Å². The lowest BCUT2D eigenvalue weighted by Gasteiger charge is -2.03. The molecule has 21 heavy (non-hydrogen) atoms. The van der Waals surface area contributed by atoms with Gasteiger partial charge >= 0.3 is 0 Å². The zero-order valence-corrected chi connectivity index (χ0v) is 12.9. The van der Waals surface area contributed by atoms with E-state index < -0.39 is 0 Å². The zero-order chi connectivity index (χ0) is 14.3. The summed E-state index contributed by atoms with van der Waals surface area (Å²) in [4.78, 5) is 12.6. The van der Waals surface area contributed by atoms with Gasteiger partial charge in [0, 0.05) is 48.6 Å². The molecule has 3 rings (SSSR count). The number of imidazole rings is 1. The maximum atomic E-state index is 4.40. The lowest BCUT2D eigenvalue weighted by atomic mass is 10.4. The summed E-state index contributed by atoms with van der Waals surface area (Å²) in [6.07, 6.45) is 8.08. The Bertz CT molecular complexity index is 632. The van der Waals surface area contributed by atoms with Gasteiger partial charge in [-0.25, -0.2) is 9.97 Å². The Morgan fingerprint density at radius 3 is 3.05 bits per heavy atom. The highest BCUT2D eigenvalue weighted by Gasteiger charge is 2.04. The zero-order valence-electron chi connectivity index (χ0n) is 11.3. The molecule has 3 heterocycles. The molecule has 0 amide bonds. The van der Waals surface area contributed by atoms with Crippen molar-refractivity contribution in [1.29, 1.82) is 0 Å². The molecule has 0 bridgehead atoms. The van der Waals surface area contributed by atoms with E-state index in [2.05, 4.69) is 30.0 Å². The second-order valence-electron chi connectivity index (χ2n) is 4.25. The fourth-order valence-corrected chi connectivity index (χ4v) is 2.89. The molecule has 0 aliphatic rings. The minimum atomic E-state index is 0.655. The lowest BCUT2D eigenvalue weighted by Crippen LogP contribution is -2.17. The van der Waals surface area contributed by atoms with Gasteiger partial charge in [-0.3, -0.25) is 4.57 Å². The molecule has 110 valence electrons. The van der Waals surface area contributed by atoms with Crippen LogP contribution < -0.4 is 10.6 Å². The largest absolute Gasteiger partial charge is 0.360 e. The summed E-state index contributed by atoms with van der Waals surface area (Å²) in [6, 6.07) is 0. The summed E-state index contributed by atoms with van der Waals surface area (Å²) in [5, 5.41) is 10.6. The van der Waals surface area contributed by atoms with Gasteiger partial charge in [-0.2, -0.15) is 9.36 Å². The minimum absolute atomic E-state index is 0.655. The van der Waals surface area contributed by atoms with Crippen molar-refractivity contribution in [2.75, 3.05) is 18.4 Å². The highest BCUT2D eigenvalue weighted by Crippen LogP contribution is 2.13. The predicted molar refractivity (Wildman–Crippen MR) is 84.0 cm³/mol. The van der Waals surface area contributed by atoms with Crippen molar-refractivity contribution in [3.8, 4) is 5.95 Å². The number of anilines is 1. The fourth-order valence-electron chi connectivity index (χ4n) is 1.71. The van der Waals surface area contributed by atoms with E-state index in [1.165, 1.54) is 11.5 Å². The third-order valence-corrected chi connectivity index (χ3v) is 4.16. The van der Waals surface area contributed by atoms with Crippen LogP contribution in [0.15, 0.2) is 30.3 Å². The Morgan fingerprint density at radius 2 is 2.24 bits per heavy atom. The first-order valence-corrected chi connectivity index (χ1v) is 8.22. The van der Waals surface area contributed by atoms with Crippen molar-refractivity contribution in [1.82, 2.24) is 29.2 Å². The quantitative estimate of drug-likeness (QED) is 0.616. The summed E-state index contributed by atoms with van der Waals surface area (Å²) < 4.78 is 6.06. The first-order chi connectivity index (χ1) is 10.4. The van der Waals surface area contributed by atoms with E-state index in [1.807, 2.05) is 17.8 Å². The van der Waals surface area contributed by atoms with Crippen LogP contribution >= 0.6 is 22.9 Å². The van der Waals surface area contributed by atoms with Crippen LogP contribution in [0.4, 0.5) is 5.13 Å². The first kappa shape index (κ1) is 14.1. The van der Waals surface area contributed by atoms with Crippen molar-refractivity contribution in [3.63, 3.8) is 0 Å². The van der Waals surface area contributed by atoms with Gasteiger partial charge in [0.2, 0.25) is 11.1 Å². The van der Waals surface area contributed by atoms with Crippen molar-refractivity contribution in [2.24, 2.45) is 0 Å². The molecule has 0 atom stereocenters. The molecule has 0 saturated carbocycles. The summed E-state index contributed by atoms with van der Waals surface area (Å²) in [6.45, 7) is 2.64. The van der Waals surface area contributed by atoms with E-state index >= 15 is 0 Å². The Labute approximate surface area is 130 Å². The maximum Gasteiger partial charge on any atom is 0.248 e. The number of rotatable bonds is 8. The molecular weight excluding hydrogens is 306 g/mol. The Kier molecular flexibility index (Phi) is 4.87. The highest BCUT2D eigenvalue weighted by molar-refractivity contribution is 7.09. The molecule has 3 aromatic heterocycles. The van der Waals surface area contributed by atoms with Crippen LogP contribution in [0, 0.1) is 0 Å². The molecular formula is C12H15N7S2. The van der Waals surface area contributed by atoms with Gasteiger partial charge in [-0.1, -0.05) is 0 Å². The number of hydrogen-bond donors (Lipinski definition) is 2. The van der Waals surface area contributed by atoms with Gasteiger partial charge in [0.15, 0.2) is 0 Å². The van der Waals surface area contributed by atoms with E-state index in [0.717, 1.165) is 36.2 Å². The fraction of sp³-hybridized carbons (Fsp3) is 0.333. The van der Waals surface area contributed by atoms with Crippen LogP contribution in [0.2, 0.25) is 0 Å². The van der Waals surface area contributed by atoms with Crippen molar-refractivity contribution in [2.45, 2.75) is 13.0 Å². The number of nitrogens with zero attached hydrogens (tertiary/aromatic N) is 5. The van der Waals surface area contributed by atoms with E-state index in [1.54, 1.807) is 28.4 Å². The number of nitrogens with one attached hydrogen (secondary N) is 2. The molecule has 9 heteroatoms. The molecule has 0 spiro atoms. The number of thiazole rings is 1. The third kappa shape index (κ3) is 4.06. The maximum absolute atomic E-state index is 4.40. The predicted octanol–water partition coefficient (Wildman–Crippen LogP) is 1.77. The van der Waals surface area contributed by atoms with Crippen LogP contribution in [0.5, 0.6) is 0 Å². The molecule has 0 aliphatic heterocycles. The molecule has 0 unspecified atom stereocenters. The summed E-state index contributed by atoms with van der Waals surface area (Å²) in [7, 11) is 0. The second kappa shape index (κ2) is 7.25. The summed E-state index contributed by atoms with van der Waals surface area (Å²) in [5.41, 5.74) is 0. The van der Waals surface area contributed by atoms with Crippen LogP contribution in [0.3, 0.4) is 0 Å². The van der Waals surface area contributed by atoms with Gasteiger partial charge in [-0.05, 0) is 13.0 Å². The van der Waals surface area contributed by atoms with Gasteiger partial charge in [-0.15, -0.1) is 11.3 Å². The molecule has 0 radical (unpaired) electrons. The molecule has 0 aliphatic carbocycles. The van der Waals surface area contributed by atoms with Crippen molar-refractivity contribution >= 4 is 28.0 Å². The number of aromatic nitrogens is 5. The standard InChI is InChI=1S/C12H15N7S2/c1(2-13-8-10-15-5-7-20-10)3-16-12-17-11(18-21-12)19-6-4-14-9-19/h4-7,9,13H,1-3,8H2,(H,16,17,18). The van der Waals surface area contributed by atoms with Gasteiger partial charge in [0.25, 0.3) is 0 Å². The molecule has 0 fully saturated rings. The molecule has 0 saturated heterocycles. The highest BCUT2D eigenvalue weighted by atomic mass is 32.1. The SMILES string of the molecule is c1cn(-c2nsc(NCCCNCc3nccs3)n2)cn1. The van der Waals surface area contributed by atoms with Crippen molar-refractivity contribution in [3.05, 3.63) is 35.3 Å². The molecule has 2 N–H and O–H groups in total. The van der Waals surface area contributed by atoms with Gasteiger partial charge < -0.3 is 10.6 Å². The minimum Gasteiger partial charge on any atom is -0.360 e. The van der Waals surface area contributed by atoms with Crippen molar-refractivity contribution < 1.29 is 0 Å². The first-order valence-electron chi connectivity index (χ1n) is 6.57. The Morgan fingerprint density at radius 1 is 1.24 bits per heavy atom. The number of hydrogen-bond acceptors (Lipinski definition) is 8. The summed E-state index contributed by atoms with van der Waals surface area (Å²) in [5.74, 6) is 0.655. The van der Waals surface area contributed by atoms with Gasteiger partial charge in [0.05, 0.1) is 0 Å². The summed E-state index contributed by atoms with van der Waals surface area (Å²) >= 11 is 3.03. The smallest absolute Gasteiger partial charge is 0.248 e. The second-order valence-corrected chi connectivity index (χ2v) is 5.98. The molecule has 3 aromatic rings. The van der Waals surface area contributed by atoms with Crippen LogP contribution in [0.1, 0.15) is 11.4 Å². The molecule has 0 aromatic carbocycles. The third-order valence-electron chi connectivity index (χ3n) is 2.72. The van der Waals surface area contributed by atoms with E-state index in [4.69, 9.17) is 0 Å². The topological polar surface area (TPSA) is 80.5 Å². The van der Waals surface area contributed by atoms with E-state index in [-0.39, 0.29) is 0 Å². The van der Waals surface area contributed by atoms with Crippen LogP contribution in [0.25, 0.3) is 5.95 Å². The van der Waals surface area contributed by atoms with Gasteiger partial charge in [0.1, 0.15) is 11.3 Å². The van der Waals surface area contributed by atoms with E-state index in [9.17, 15) is 0 Å². The Balaban J connectivity index is 1.34. The Hall–Kier alpha value is -1.84.